The Hall–Kier alpha value is -1.13. The summed E-state index contributed by atoms with van der Waals surface area (Å²) in [6, 6.07) is 6.82. The van der Waals surface area contributed by atoms with Crippen LogP contribution in [0.3, 0.4) is 0 Å². The highest BCUT2D eigenvalue weighted by molar-refractivity contribution is 7.16. The van der Waals surface area contributed by atoms with E-state index in [1.807, 2.05) is 12.6 Å². The molecule has 1 aromatic carbocycles. The average molecular weight is 262 g/mol. The van der Waals surface area contributed by atoms with Crippen molar-refractivity contribution in [3.63, 3.8) is 0 Å². The molecule has 0 radical (unpaired) electrons. The maximum absolute atomic E-state index is 5.58. The molecule has 3 nitrogen and oxygen atoms in total. The van der Waals surface area contributed by atoms with E-state index in [4.69, 9.17) is 4.74 Å². The lowest BCUT2D eigenvalue weighted by atomic mass is 9.92. The van der Waals surface area contributed by atoms with Gasteiger partial charge in [-0.1, -0.05) is 12.8 Å². The average Bonchev–Trinajstić information content (AvgIpc) is 2.87. The van der Waals surface area contributed by atoms with Gasteiger partial charge in [0.2, 0.25) is 0 Å². The van der Waals surface area contributed by atoms with E-state index in [0.29, 0.717) is 12.1 Å². The molecule has 1 aliphatic carbocycles. The molecule has 1 saturated carbocycles. The molecule has 2 atom stereocenters. The highest BCUT2D eigenvalue weighted by Crippen LogP contribution is 2.27. The van der Waals surface area contributed by atoms with Crippen molar-refractivity contribution in [3.8, 4) is 0 Å². The van der Waals surface area contributed by atoms with Gasteiger partial charge in [-0.05, 0) is 31.0 Å². The van der Waals surface area contributed by atoms with Crippen LogP contribution in [-0.4, -0.2) is 24.2 Å². The van der Waals surface area contributed by atoms with E-state index in [1.54, 1.807) is 11.3 Å². The number of aromatic nitrogens is 1. The fourth-order valence-electron chi connectivity index (χ4n) is 2.70. The molecule has 1 aromatic heterocycles. The maximum atomic E-state index is 5.58. The minimum absolute atomic E-state index is 0.343. The molecule has 0 saturated heterocycles. The van der Waals surface area contributed by atoms with E-state index in [2.05, 4.69) is 28.5 Å². The first kappa shape index (κ1) is 11.9. The van der Waals surface area contributed by atoms with E-state index in [-0.39, 0.29) is 0 Å². The van der Waals surface area contributed by atoms with Gasteiger partial charge in [-0.15, -0.1) is 11.3 Å². The number of rotatable bonds is 3. The van der Waals surface area contributed by atoms with Crippen molar-refractivity contribution in [2.24, 2.45) is 0 Å². The first-order chi connectivity index (χ1) is 8.86. The van der Waals surface area contributed by atoms with Crippen LogP contribution >= 0.6 is 11.3 Å². The predicted molar refractivity (Wildman–Crippen MR) is 76.3 cm³/mol. The van der Waals surface area contributed by atoms with Gasteiger partial charge in [0.1, 0.15) is 0 Å². The zero-order valence-corrected chi connectivity index (χ0v) is 11.4. The van der Waals surface area contributed by atoms with Crippen LogP contribution in [0.4, 0.5) is 5.69 Å². The smallest absolute Gasteiger partial charge is 0.0813 e. The molecule has 1 fully saturated rings. The Morgan fingerprint density at radius 1 is 1.33 bits per heavy atom. The summed E-state index contributed by atoms with van der Waals surface area (Å²) in [6.07, 6.45) is 5.28. The molecule has 1 aliphatic rings. The van der Waals surface area contributed by atoms with Gasteiger partial charge >= 0.3 is 0 Å². The summed E-state index contributed by atoms with van der Waals surface area (Å²) in [4.78, 5) is 4.30. The fraction of sp³-hybridized carbons (Fsp3) is 0.500. The molecule has 0 bridgehead atoms. The number of thiazole rings is 1. The quantitative estimate of drug-likeness (QED) is 0.916. The number of nitrogens with one attached hydrogen (secondary N) is 1. The predicted octanol–water partition coefficient (Wildman–Crippen LogP) is 3.67. The molecule has 2 aromatic rings. The molecule has 0 amide bonds. The van der Waals surface area contributed by atoms with E-state index >= 15 is 0 Å². The summed E-state index contributed by atoms with van der Waals surface area (Å²) in [5.41, 5.74) is 4.16. The van der Waals surface area contributed by atoms with E-state index in [1.165, 1.54) is 29.6 Å². The number of hydrogen-bond acceptors (Lipinski definition) is 4. The summed E-state index contributed by atoms with van der Waals surface area (Å²) in [5.74, 6) is 0. The number of ether oxygens (including phenoxy) is 1. The monoisotopic (exact) mass is 262 g/mol. The third kappa shape index (κ3) is 2.35. The van der Waals surface area contributed by atoms with Crippen molar-refractivity contribution in [2.45, 2.75) is 37.8 Å². The van der Waals surface area contributed by atoms with Gasteiger partial charge in [-0.2, -0.15) is 0 Å². The lowest BCUT2D eigenvalue weighted by molar-refractivity contribution is 0.0606. The third-order valence-electron chi connectivity index (χ3n) is 3.69. The maximum Gasteiger partial charge on any atom is 0.0813 e. The second kappa shape index (κ2) is 5.24. The summed E-state index contributed by atoms with van der Waals surface area (Å²) in [7, 11) is 1.82. The summed E-state index contributed by atoms with van der Waals surface area (Å²) < 4.78 is 6.82. The molecule has 96 valence electrons. The Morgan fingerprint density at radius 3 is 3.11 bits per heavy atom. The lowest BCUT2D eigenvalue weighted by Crippen LogP contribution is -2.37. The molecule has 1 heterocycles. The van der Waals surface area contributed by atoms with Crippen LogP contribution in [0.2, 0.25) is 0 Å². The van der Waals surface area contributed by atoms with Crippen molar-refractivity contribution in [1.29, 1.82) is 0 Å². The van der Waals surface area contributed by atoms with Crippen molar-refractivity contribution in [3.05, 3.63) is 23.7 Å². The SMILES string of the molecule is COC1CCCCC1Nc1ccc2ncsc2c1. The second-order valence-electron chi connectivity index (χ2n) is 4.84. The first-order valence-corrected chi connectivity index (χ1v) is 7.37. The molecule has 4 heteroatoms. The Labute approximate surface area is 111 Å². The third-order valence-corrected chi connectivity index (χ3v) is 4.48. The molecule has 1 N–H and O–H groups in total. The number of hydrogen-bond donors (Lipinski definition) is 1. The summed E-state index contributed by atoms with van der Waals surface area (Å²) in [6.45, 7) is 0. The van der Waals surface area contributed by atoms with Crippen LogP contribution in [0.5, 0.6) is 0 Å². The van der Waals surface area contributed by atoms with Crippen molar-refractivity contribution in [1.82, 2.24) is 4.98 Å². The number of benzene rings is 1. The normalized spacial score (nSPS) is 24.3. The van der Waals surface area contributed by atoms with Crippen LogP contribution in [-0.2, 0) is 4.74 Å². The molecule has 2 unspecified atom stereocenters. The summed E-state index contributed by atoms with van der Waals surface area (Å²) in [5, 5.41) is 3.62. The first-order valence-electron chi connectivity index (χ1n) is 6.49. The zero-order valence-electron chi connectivity index (χ0n) is 10.6. The van der Waals surface area contributed by atoms with Gasteiger partial charge < -0.3 is 10.1 Å². The van der Waals surface area contributed by atoms with E-state index in [0.717, 1.165) is 11.9 Å². The van der Waals surface area contributed by atoms with Crippen molar-refractivity contribution < 1.29 is 4.74 Å². The zero-order chi connectivity index (χ0) is 12.4. The Balaban J connectivity index is 1.77. The number of fused-ring (bicyclic) bond motifs is 1. The number of nitrogens with zero attached hydrogens (tertiary/aromatic N) is 1. The highest BCUT2D eigenvalue weighted by Gasteiger charge is 2.24. The van der Waals surface area contributed by atoms with Gasteiger partial charge in [0.05, 0.1) is 27.9 Å². The highest BCUT2D eigenvalue weighted by atomic mass is 32.1. The fourth-order valence-corrected chi connectivity index (χ4v) is 3.42. The molecule has 3 rings (SSSR count). The van der Waals surface area contributed by atoms with Crippen molar-refractivity contribution >= 4 is 27.2 Å². The van der Waals surface area contributed by atoms with Crippen LogP contribution in [0, 0.1) is 0 Å². The Bertz CT molecular complexity index is 525. The molecule has 18 heavy (non-hydrogen) atoms. The minimum Gasteiger partial charge on any atom is -0.380 e. The molecular formula is C14H18N2OS. The summed E-state index contributed by atoms with van der Waals surface area (Å²) >= 11 is 1.69. The lowest BCUT2D eigenvalue weighted by Gasteiger charge is -2.31. The van der Waals surface area contributed by atoms with Crippen LogP contribution in [0.25, 0.3) is 10.2 Å². The molecule has 0 spiro atoms. The van der Waals surface area contributed by atoms with E-state index < -0.39 is 0 Å². The minimum atomic E-state index is 0.343. The second-order valence-corrected chi connectivity index (χ2v) is 5.73. The standard InChI is InChI=1S/C14H18N2OS/c1-17-13-5-3-2-4-11(13)16-10-6-7-12-14(8-10)18-9-15-12/h6-9,11,13,16H,2-5H2,1H3. The number of methoxy groups -OCH3 is 1. The van der Waals surface area contributed by atoms with Gasteiger partial charge in [0.15, 0.2) is 0 Å². The Kier molecular flexibility index (Phi) is 3.48. The topological polar surface area (TPSA) is 34.1 Å². The number of anilines is 1. The van der Waals surface area contributed by atoms with Crippen LogP contribution < -0.4 is 5.32 Å². The Morgan fingerprint density at radius 2 is 2.22 bits per heavy atom. The van der Waals surface area contributed by atoms with Crippen molar-refractivity contribution in [2.75, 3.05) is 12.4 Å². The van der Waals surface area contributed by atoms with E-state index in [9.17, 15) is 0 Å². The van der Waals surface area contributed by atoms with Gasteiger partial charge in [-0.3, -0.25) is 0 Å². The van der Waals surface area contributed by atoms with Gasteiger partial charge in [-0.25, -0.2) is 4.98 Å². The largest absolute Gasteiger partial charge is 0.380 e. The molecular weight excluding hydrogens is 244 g/mol. The van der Waals surface area contributed by atoms with Gasteiger partial charge in [0, 0.05) is 12.8 Å². The molecule has 0 aliphatic heterocycles. The van der Waals surface area contributed by atoms with Crippen LogP contribution in [0.1, 0.15) is 25.7 Å². The van der Waals surface area contributed by atoms with Crippen LogP contribution in [0.15, 0.2) is 23.7 Å². The van der Waals surface area contributed by atoms with Gasteiger partial charge in [0.25, 0.3) is 0 Å².